The van der Waals surface area contributed by atoms with Crippen LogP contribution in [0.5, 0.6) is 0 Å². The second-order valence-corrected chi connectivity index (χ2v) is 7.09. The minimum Gasteiger partial charge on any atom is -0.396 e. The summed E-state index contributed by atoms with van der Waals surface area (Å²) >= 11 is 0. The molecular weight excluding hydrogens is 314 g/mol. The third-order valence-corrected chi connectivity index (χ3v) is 4.93. The summed E-state index contributed by atoms with van der Waals surface area (Å²) in [5.41, 5.74) is 3.39. The number of nitrogens with zero attached hydrogens (tertiary/aromatic N) is 3. The van der Waals surface area contributed by atoms with Crippen LogP contribution in [0.3, 0.4) is 0 Å². The summed E-state index contributed by atoms with van der Waals surface area (Å²) in [6.07, 6.45) is 6.61. The average Bonchev–Trinajstić information content (AvgIpc) is 3.12. The number of piperidine rings is 1. The van der Waals surface area contributed by atoms with Crippen LogP contribution in [-0.4, -0.2) is 45.4 Å². The van der Waals surface area contributed by atoms with E-state index in [2.05, 4.69) is 35.6 Å². The molecule has 0 atom stereocenters. The number of aliphatic hydroxyl groups is 1. The lowest BCUT2D eigenvalue weighted by Crippen LogP contribution is -2.41. The molecule has 0 bridgehead atoms. The van der Waals surface area contributed by atoms with E-state index in [0.717, 1.165) is 42.6 Å². The van der Waals surface area contributed by atoms with Crippen LogP contribution in [0.1, 0.15) is 38.3 Å². The fraction of sp³-hybridized carbons (Fsp3) is 0.500. The molecule has 2 heterocycles. The van der Waals surface area contributed by atoms with E-state index < -0.39 is 0 Å². The SMILES string of the molecule is CC(C)C(=O)N1CCC(n2cc(-c3ccc(CCO)cc3)cn2)CC1. The fourth-order valence-corrected chi connectivity index (χ4v) is 3.40. The van der Waals surface area contributed by atoms with Crippen LogP contribution in [0, 0.1) is 5.92 Å². The molecule has 1 N–H and O–H groups in total. The van der Waals surface area contributed by atoms with Gasteiger partial charge in [-0.2, -0.15) is 5.10 Å². The molecule has 0 radical (unpaired) electrons. The number of aliphatic hydroxyl groups excluding tert-OH is 1. The van der Waals surface area contributed by atoms with Gasteiger partial charge in [-0.25, -0.2) is 0 Å². The van der Waals surface area contributed by atoms with Gasteiger partial charge >= 0.3 is 0 Å². The number of amides is 1. The van der Waals surface area contributed by atoms with E-state index in [-0.39, 0.29) is 18.4 Å². The molecule has 1 aliphatic rings. The van der Waals surface area contributed by atoms with Crippen molar-refractivity contribution in [1.82, 2.24) is 14.7 Å². The molecule has 1 amide bonds. The van der Waals surface area contributed by atoms with Gasteiger partial charge in [0.25, 0.3) is 0 Å². The molecule has 134 valence electrons. The van der Waals surface area contributed by atoms with Gasteiger partial charge in [0.15, 0.2) is 0 Å². The van der Waals surface area contributed by atoms with Crippen molar-refractivity contribution in [3.63, 3.8) is 0 Å². The van der Waals surface area contributed by atoms with Crippen molar-refractivity contribution in [2.45, 2.75) is 39.2 Å². The van der Waals surface area contributed by atoms with Crippen molar-refractivity contribution in [1.29, 1.82) is 0 Å². The number of rotatable bonds is 5. The van der Waals surface area contributed by atoms with E-state index >= 15 is 0 Å². The van der Waals surface area contributed by atoms with Gasteiger partial charge in [0, 0.05) is 37.4 Å². The third-order valence-electron chi connectivity index (χ3n) is 4.93. The number of benzene rings is 1. The van der Waals surface area contributed by atoms with Gasteiger partial charge in [-0.15, -0.1) is 0 Å². The maximum Gasteiger partial charge on any atom is 0.225 e. The smallest absolute Gasteiger partial charge is 0.225 e. The van der Waals surface area contributed by atoms with E-state index in [9.17, 15) is 4.79 Å². The maximum absolute atomic E-state index is 12.1. The van der Waals surface area contributed by atoms with Crippen LogP contribution >= 0.6 is 0 Å². The monoisotopic (exact) mass is 341 g/mol. The number of hydrogen-bond acceptors (Lipinski definition) is 3. The van der Waals surface area contributed by atoms with Crippen molar-refractivity contribution in [3.8, 4) is 11.1 Å². The van der Waals surface area contributed by atoms with Gasteiger partial charge < -0.3 is 10.0 Å². The van der Waals surface area contributed by atoms with E-state index in [1.54, 1.807) is 0 Å². The Morgan fingerprint density at radius 2 is 1.88 bits per heavy atom. The van der Waals surface area contributed by atoms with E-state index in [4.69, 9.17) is 5.11 Å². The molecule has 5 nitrogen and oxygen atoms in total. The Bertz CT molecular complexity index is 698. The average molecular weight is 341 g/mol. The Hall–Kier alpha value is -2.14. The fourth-order valence-electron chi connectivity index (χ4n) is 3.40. The number of carbonyl (C=O) groups excluding carboxylic acids is 1. The van der Waals surface area contributed by atoms with Gasteiger partial charge in [-0.3, -0.25) is 9.48 Å². The molecular formula is C20H27N3O2. The predicted octanol–water partition coefficient (Wildman–Crippen LogP) is 2.90. The molecule has 0 aliphatic carbocycles. The second kappa shape index (κ2) is 7.83. The van der Waals surface area contributed by atoms with Crippen LogP contribution in [0.25, 0.3) is 11.1 Å². The van der Waals surface area contributed by atoms with Gasteiger partial charge in [-0.1, -0.05) is 38.1 Å². The molecule has 1 aromatic heterocycles. The third kappa shape index (κ3) is 4.10. The summed E-state index contributed by atoms with van der Waals surface area (Å²) in [7, 11) is 0. The summed E-state index contributed by atoms with van der Waals surface area (Å²) < 4.78 is 2.05. The lowest BCUT2D eigenvalue weighted by atomic mass is 10.0. The van der Waals surface area contributed by atoms with Crippen molar-refractivity contribution in [2.75, 3.05) is 19.7 Å². The van der Waals surface area contributed by atoms with Gasteiger partial charge in [0.2, 0.25) is 5.91 Å². The van der Waals surface area contributed by atoms with Gasteiger partial charge in [0.1, 0.15) is 0 Å². The molecule has 1 saturated heterocycles. The first-order valence-electron chi connectivity index (χ1n) is 9.11. The topological polar surface area (TPSA) is 58.4 Å². The van der Waals surface area contributed by atoms with Crippen molar-refractivity contribution in [3.05, 3.63) is 42.2 Å². The van der Waals surface area contributed by atoms with Crippen molar-refractivity contribution in [2.24, 2.45) is 5.92 Å². The van der Waals surface area contributed by atoms with E-state index in [0.29, 0.717) is 12.5 Å². The molecule has 5 heteroatoms. The molecule has 25 heavy (non-hydrogen) atoms. The molecule has 0 spiro atoms. The second-order valence-electron chi connectivity index (χ2n) is 7.09. The van der Waals surface area contributed by atoms with Gasteiger partial charge in [0.05, 0.1) is 12.2 Å². The van der Waals surface area contributed by atoms with Crippen LogP contribution in [0.15, 0.2) is 36.7 Å². The van der Waals surface area contributed by atoms with Crippen molar-refractivity contribution >= 4 is 5.91 Å². The first kappa shape index (κ1) is 17.7. The van der Waals surface area contributed by atoms with Crippen molar-refractivity contribution < 1.29 is 9.90 Å². The van der Waals surface area contributed by atoms with Gasteiger partial charge in [-0.05, 0) is 30.4 Å². The molecule has 3 rings (SSSR count). The Kier molecular flexibility index (Phi) is 5.53. The highest BCUT2D eigenvalue weighted by atomic mass is 16.3. The zero-order valence-electron chi connectivity index (χ0n) is 15.1. The summed E-state index contributed by atoms with van der Waals surface area (Å²) in [4.78, 5) is 14.1. The largest absolute Gasteiger partial charge is 0.396 e. The highest BCUT2D eigenvalue weighted by Crippen LogP contribution is 2.26. The Balaban J connectivity index is 1.63. The van der Waals surface area contributed by atoms with Crippen LogP contribution in [-0.2, 0) is 11.2 Å². The molecule has 0 saturated carbocycles. The quantitative estimate of drug-likeness (QED) is 0.910. The zero-order chi connectivity index (χ0) is 17.8. The summed E-state index contributed by atoms with van der Waals surface area (Å²) in [5.74, 6) is 0.323. The predicted molar refractivity (Wildman–Crippen MR) is 98.1 cm³/mol. The maximum atomic E-state index is 12.1. The van der Waals surface area contributed by atoms with Crippen LogP contribution in [0.2, 0.25) is 0 Å². The first-order chi connectivity index (χ1) is 12.1. The number of likely N-dealkylation sites (tertiary alicyclic amines) is 1. The Labute approximate surface area is 149 Å². The lowest BCUT2D eigenvalue weighted by molar-refractivity contribution is -0.135. The summed E-state index contributed by atoms with van der Waals surface area (Å²) in [6, 6.07) is 8.63. The highest BCUT2D eigenvalue weighted by Gasteiger charge is 2.25. The lowest BCUT2D eigenvalue weighted by Gasteiger charge is -2.33. The number of carbonyl (C=O) groups is 1. The number of aromatic nitrogens is 2. The molecule has 0 unspecified atom stereocenters. The highest BCUT2D eigenvalue weighted by molar-refractivity contribution is 5.78. The molecule has 2 aromatic rings. The Morgan fingerprint density at radius 1 is 1.20 bits per heavy atom. The standard InChI is InChI=1S/C20H27N3O2/c1-15(2)20(25)22-10-7-19(8-11-22)23-14-18(13-21-23)17-5-3-16(4-6-17)9-12-24/h3-6,13-15,19,24H,7-12H2,1-2H3. The molecule has 1 aliphatic heterocycles. The normalized spacial score (nSPS) is 15.8. The molecule has 1 aromatic carbocycles. The Morgan fingerprint density at radius 3 is 2.48 bits per heavy atom. The number of hydrogen-bond donors (Lipinski definition) is 1. The first-order valence-corrected chi connectivity index (χ1v) is 9.11. The molecule has 1 fully saturated rings. The minimum atomic E-state index is 0.0710. The minimum absolute atomic E-state index is 0.0710. The summed E-state index contributed by atoms with van der Waals surface area (Å²) in [6.45, 7) is 5.72. The zero-order valence-corrected chi connectivity index (χ0v) is 15.1. The van der Waals surface area contributed by atoms with E-state index in [1.807, 2.05) is 29.6 Å². The van der Waals surface area contributed by atoms with Crippen LogP contribution in [0.4, 0.5) is 0 Å². The van der Waals surface area contributed by atoms with Crippen LogP contribution < -0.4 is 0 Å². The summed E-state index contributed by atoms with van der Waals surface area (Å²) in [5, 5.41) is 13.6. The van der Waals surface area contributed by atoms with E-state index in [1.165, 1.54) is 0 Å².